The van der Waals surface area contributed by atoms with Crippen molar-refractivity contribution in [2.24, 2.45) is 0 Å². The van der Waals surface area contributed by atoms with Gasteiger partial charge >= 0.3 is 0 Å². The van der Waals surface area contributed by atoms with Gasteiger partial charge in [-0.3, -0.25) is 5.32 Å². The number of nitrogens with one attached hydrogen (secondary N) is 1. The molecule has 2 rings (SSSR count). The van der Waals surface area contributed by atoms with Gasteiger partial charge in [-0.15, -0.1) is 0 Å². The highest BCUT2D eigenvalue weighted by Gasteiger charge is 2.54. The van der Waals surface area contributed by atoms with E-state index < -0.39 is 17.6 Å². The van der Waals surface area contributed by atoms with Gasteiger partial charge in [-0.1, -0.05) is 0 Å². The molecule has 2 bridgehead atoms. The van der Waals surface area contributed by atoms with Crippen molar-refractivity contribution in [2.45, 2.75) is 24.5 Å². The number of aliphatic hydroxyl groups is 2. The van der Waals surface area contributed by atoms with Gasteiger partial charge in [-0.2, -0.15) is 0 Å². The van der Waals surface area contributed by atoms with Crippen LogP contribution in [-0.4, -0.2) is 47.6 Å². The number of hydrogen-bond donors (Lipinski definition) is 3. The molecule has 5 nitrogen and oxygen atoms in total. The maximum atomic E-state index is 9.37. The standard InChI is InChI=1S/C7H13NO4/c1-6-5(10)11-3-7(2-9,8-6)4-12-6/h5,8-10H,2-4H2,1H3/t5-,6+,7+/m1/s1. The van der Waals surface area contributed by atoms with Gasteiger partial charge in [0.05, 0.1) is 25.4 Å². The Morgan fingerprint density at radius 1 is 1.58 bits per heavy atom. The van der Waals surface area contributed by atoms with Crippen LogP contribution in [0.25, 0.3) is 0 Å². The number of rotatable bonds is 1. The Balaban J connectivity index is 2.20. The van der Waals surface area contributed by atoms with Crippen molar-refractivity contribution >= 4 is 0 Å². The Kier molecular flexibility index (Phi) is 1.68. The van der Waals surface area contributed by atoms with E-state index in [-0.39, 0.29) is 13.2 Å². The summed E-state index contributed by atoms with van der Waals surface area (Å²) in [7, 11) is 0. The number of morpholine rings is 1. The number of ether oxygens (including phenoxy) is 2. The smallest absolute Gasteiger partial charge is 0.197 e. The van der Waals surface area contributed by atoms with Gasteiger partial charge in [0.25, 0.3) is 0 Å². The zero-order valence-electron chi connectivity index (χ0n) is 6.91. The zero-order chi connectivity index (χ0) is 8.82. The van der Waals surface area contributed by atoms with E-state index >= 15 is 0 Å². The summed E-state index contributed by atoms with van der Waals surface area (Å²) in [5.74, 6) is 0. The first kappa shape index (κ1) is 8.40. The molecule has 2 aliphatic rings. The second kappa shape index (κ2) is 2.40. The summed E-state index contributed by atoms with van der Waals surface area (Å²) in [5.41, 5.74) is -1.38. The molecule has 0 unspecified atom stereocenters. The molecule has 0 aromatic heterocycles. The summed E-state index contributed by atoms with van der Waals surface area (Å²) < 4.78 is 10.4. The fraction of sp³-hybridized carbons (Fsp3) is 1.00. The third-order valence-electron chi connectivity index (χ3n) is 2.45. The Bertz CT molecular complexity index is 191. The quantitative estimate of drug-likeness (QED) is 0.448. The first-order valence-electron chi connectivity index (χ1n) is 3.94. The molecule has 3 atom stereocenters. The van der Waals surface area contributed by atoms with E-state index in [1.54, 1.807) is 6.92 Å². The minimum Gasteiger partial charge on any atom is -0.394 e. The minimum absolute atomic E-state index is 0.0463. The second-order valence-corrected chi connectivity index (χ2v) is 3.62. The van der Waals surface area contributed by atoms with E-state index in [1.807, 2.05) is 0 Å². The average molecular weight is 175 g/mol. The Labute approximate surface area is 70.3 Å². The van der Waals surface area contributed by atoms with Crippen LogP contribution in [0.3, 0.4) is 0 Å². The largest absolute Gasteiger partial charge is 0.394 e. The van der Waals surface area contributed by atoms with Crippen LogP contribution >= 0.6 is 0 Å². The highest BCUT2D eigenvalue weighted by atomic mass is 16.7. The first-order valence-corrected chi connectivity index (χ1v) is 3.94. The van der Waals surface area contributed by atoms with Gasteiger partial charge in [0, 0.05) is 0 Å². The number of fused-ring (bicyclic) bond motifs is 2. The number of hydrogen-bond acceptors (Lipinski definition) is 5. The molecule has 2 heterocycles. The van der Waals surface area contributed by atoms with Gasteiger partial charge in [0.15, 0.2) is 12.0 Å². The normalized spacial score (nSPS) is 52.8. The molecule has 70 valence electrons. The van der Waals surface area contributed by atoms with Crippen molar-refractivity contribution in [3.05, 3.63) is 0 Å². The van der Waals surface area contributed by atoms with Crippen LogP contribution < -0.4 is 5.32 Å². The second-order valence-electron chi connectivity index (χ2n) is 3.62. The van der Waals surface area contributed by atoms with Crippen LogP contribution in [0.15, 0.2) is 0 Å². The monoisotopic (exact) mass is 175 g/mol. The van der Waals surface area contributed by atoms with Crippen molar-refractivity contribution < 1.29 is 19.7 Å². The fourth-order valence-electron chi connectivity index (χ4n) is 1.63. The summed E-state index contributed by atoms with van der Waals surface area (Å²) in [4.78, 5) is 0. The maximum absolute atomic E-state index is 9.37. The summed E-state index contributed by atoms with van der Waals surface area (Å²) >= 11 is 0. The van der Waals surface area contributed by atoms with Crippen molar-refractivity contribution in [1.82, 2.24) is 5.32 Å². The lowest BCUT2D eigenvalue weighted by atomic mass is 10.0. The lowest BCUT2D eigenvalue weighted by Crippen LogP contribution is -2.65. The molecule has 2 saturated heterocycles. The van der Waals surface area contributed by atoms with E-state index in [0.717, 1.165) is 0 Å². The highest BCUT2D eigenvalue weighted by molar-refractivity contribution is 5.02. The average Bonchev–Trinajstić information content (AvgIpc) is 2.36. The zero-order valence-corrected chi connectivity index (χ0v) is 6.91. The molecule has 0 radical (unpaired) electrons. The molecule has 5 heteroatoms. The van der Waals surface area contributed by atoms with Crippen LogP contribution in [0.1, 0.15) is 6.92 Å². The lowest BCUT2D eigenvalue weighted by Gasteiger charge is -2.38. The third kappa shape index (κ3) is 0.982. The van der Waals surface area contributed by atoms with Gasteiger partial charge in [0.2, 0.25) is 0 Å². The molecule has 0 saturated carbocycles. The molecule has 0 spiro atoms. The molecule has 0 amide bonds. The molecular weight excluding hydrogens is 162 g/mol. The van der Waals surface area contributed by atoms with Crippen LogP contribution in [0.4, 0.5) is 0 Å². The van der Waals surface area contributed by atoms with Gasteiger partial charge in [-0.05, 0) is 6.92 Å². The predicted molar refractivity (Wildman–Crippen MR) is 39.3 cm³/mol. The van der Waals surface area contributed by atoms with Crippen molar-refractivity contribution in [3.63, 3.8) is 0 Å². The molecule has 0 aromatic rings. The molecule has 2 fully saturated rings. The topological polar surface area (TPSA) is 71.0 Å². The Hall–Kier alpha value is -0.200. The van der Waals surface area contributed by atoms with E-state index in [4.69, 9.17) is 14.6 Å². The first-order chi connectivity index (χ1) is 5.60. The number of aliphatic hydroxyl groups excluding tert-OH is 2. The van der Waals surface area contributed by atoms with Crippen molar-refractivity contribution in [1.29, 1.82) is 0 Å². The Morgan fingerprint density at radius 2 is 2.33 bits per heavy atom. The highest BCUT2D eigenvalue weighted by Crippen LogP contribution is 2.31. The maximum Gasteiger partial charge on any atom is 0.197 e. The van der Waals surface area contributed by atoms with Crippen LogP contribution in [0.2, 0.25) is 0 Å². The van der Waals surface area contributed by atoms with Crippen molar-refractivity contribution in [2.75, 3.05) is 19.8 Å². The fourth-order valence-corrected chi connectivity index (χ4v) is 1.63. The van der Waals surface area contributed by atoms with Gasteiger partial charge in [0.1, 0.15) is 0 Å². The molecule has 12 heavy (non-hydrogen) atoms. The van der Waals surface area contributed by atoms with Gasteiger partial charge < -0.3 is 19.7 Å². The molecule has 2 aliphatic heterocycles. The van der Waals surface area contributed by atoms with Crippen molar-refractivity contribution in [3.8, 4) is 0 Å². The predicted octanol–water partition coefficient (Wildman–Crippen LogP) is -1.60. The minimum atomic E-state index is -0.959. The molecule has 3 N–H and O–H groups in total. The van der Waals surface area contributed by atoms with Crippen LogP contribution in [0.5, 0.6) is 0 Å². The van der Waals surface area contributed by atoms with E-state index in [9.17, 15) is 5.11 Å². The summed E-state index contributed by atoms with van der Waals surface area (Å²) in [6.07, 6.45) is -0.959. The van der Waals surface area contributed by atoms with Gasteiger partial charge in [-0.25, -0.2) is 0 Å². The van der Waals surface area contributed by atoms with E-state index in [2.05, 4.69) is 5.32 Å². The van der Waals surface area contributed by atoms with Crippen LogP contribution in [0, 0.1) is 0 Å². The third-order valence-corrected chi connectivity index (χ3v) is 2.45. The SMILES string of the molecule is C[C@@]12N[C@@](CO)(CO[C@H]1O)CO2. The van der Waals surface area contributed by atoms with E-state index in [1.165, 1.54) is 0 Å². The summed E-state index contributed by atoms with van der Waals surface area (Å²) in [6.45, 7) is 2.31. The lowest BCUT2D eigenvalue weighted by molar-refractivity contribution is -0.232. The summed E-state index contributed by atoms with van der Waals surface area (Å²) in [6, 6.07) is 0. The van der Waals surface area contributed by atoms with E-state index in [0.29, 0.717) is 6.61 Å². The summed E-state index contributed by atoms with van der Waals surface area (Å²) in [5, 5.41) is 21.5. The molecule has 0 aliphatic carbocycles. The Morgan fingerprint density at radius 3 is 3.00 bits per heavy atom. The van der Waals surface area contributed by atoms with Crippen LogP contribution in [-0.2, 0) is 9.47 Å². The molecular formula is C7H13NO4. The molecule has 0 aromatic carbocycles.